The number of esters is 3. The van der Waals surface area contributed by atoms with E-state index in [9.17, 15) is 44.4 Å². The van der Waals surface area contributed by atoms with Crippen LogP contribution in [0.15, 0.2) is 83.1 Å². The highest BCUT2D eigenvalue weighted by molar-refractivity contribution is 5.99. The molecule has 2 aromatic carbocycles. The molecule has 1 aliphatic heterocycles. The van der Waals surface area contributed by atoms with E-state index in [4.69, 9.17) is 23.7 Å². The van der Waals surface area contributed by atoms with Gasteiger partial charge in [-0.15, -0.1) is 0 Å². The van der Waals surface area contributed by atoms with Gasteiger partial charge in [0.05, 0.1) is 24.1 Å². The first-order valence-corrected chi connectivity index (χ1v) is 18.7. The Bertz CT molecular complexity index is 2000. The minimum atomic E-state index is -2.36. The van der Waals surface area contributed by atoms with Crippen LogP contribution in [0, 0.1) is 11.3 Å². The summed E-state index contributed by atoms with van der Waals surface area (Å²) in [6, 6.07) is 14.6. The normalized spacial score (nSPS) is 30.2. The zero-order valence-corrected chi connectivity index (χ0v) is 32.8. The highest BCUT2D eigenvalue weighted by Crippen LogP contribution is 2.60. The van der Waals surface area contributed by atoms with Gasteiger partial charge in [-0.1, -0.05) is 62.4 Å². The van der Waals surface area contributed by atoms with Gasteiger partial charge in [-0.05, 0) is 56.5 Å². The van der Waals surface area contributed by atoms with Crippen LogP contribution < -0.4 is 5.32 Å². The van der Waals surface area contributed by atoms with Crippen molar-refractivity contribution < 1.29 is 68.1 Å². The lowest BCUT2D eigenvalue weighted by molar-refractivity contribution is -0.298. The van der Waals surface area contributed by atoms with Gasteiger partial charge in [-0.25, -0.2) is 14.4 Å². The molecule has 0 spiro atoms. The summed E-state index contributed by atoms with van der Waals surface area (Å²) >= 11 is 0. The number of aliphatic hydroxyl groups excluding tert-OH is 3. The van der Waals surface area contributed by atoms with E-state index >= 15 is 0 Å². The first-order chi connectivity index (χ1) is 26.6. The molecule has 6 rings (SSSR count). The first kappa shape index (κ1) is 41.5. The molecule has 2 fully saturated rings. The van der Waals surface area contributed by atoms with E-state index in [0.717, 1.165) is 6.92 Å². The van der Waals surface area contributed by atoms with Gasteiger partial charge in [0.15, 0.2) is 17.5 Å². The monoisotopic (exact) mass is 791 g/mol. The fraction of sp³-hybridized carbons (Fsp3) is 0.500. The van der Waals surface area contributed by atoms with Gasteiger partial charge in [0.1, 0.15) is 41.4 Å². The van der Waals surface area contributed by atoms with E-state index in [1.54, 1.807) is 69.3 Å². The summed E-state index contributed by atoms with van der Waals surface area (Å²) in [7, 11) is 0. The molecule has 2 aromatic rings. The SMILES string of the molecule is CC(=O)O[C@@]12COC1CC(=O)C1=C(O)[C@H](O)C3=C(C)[C@@H](OC(=O)[C@H](O)C(NC(=O)OC(C)(C)C)c4ccccc4)C[C@@](O)([C@@H](OC(=O)c4ccccc4)C12)C3(C)C. The second-order valence-electron chi connectivity index (χ2n) is 16.6. The molecular weight excluding hydrogens is 742 g/mol. The quantitative estimate of drug-likeness (QED) is 0.146. The maximum atomic E-state index is 14.0. The van der Waals surface area contributed by atoms with Crippen molar-refractivity contribution in [3.05, 3.63) is 94.3 Å². The minimum absolute atomic E-state index is 0.0550. The number of hydrogen-bond donors (Lipinski definition) is 5. The predicted octanol–water partition coefficient (Wildman–Crippen LogP) is 3.70. The first-order valence-electron chi connectivity index (χ1n) is 18.7. The lowest BCUT2D eigenvalue weighted by Crippen LogP contribution is -2.76. The largest absolute Gasteiger partial charge is 0.509 e. The van der Waals surface area contributed by atoms with Crippen molar-refractivity contribution in [1.29, 1.82) is 0 Å². The Kier molecular flexibility index (Phi) is 10.9. The van der Waals surface area contributed by atoms with Crippen molar-refractivity contribution in [2.24, 2.45) is 11.3 Å². The van der Waals surface area contributed by atoms with Gasteiger partial charge in [0.2, 0.25) is 0 Å². The van der Waals surface area contributed by atoms with Crippen molar-refractivity contribution in [3.8, 4) is 0 Å². The van der Waals surface area contributed by atoms with Crippen LogP contribution in [0.3, 0.4) is 0 Å². The number of rotatable bonds is 8. The molecule has 3 unspecified atom stereocenters. The van der Waals surface area contributed by atoms with E-state index in [0.29, 0.717) is 5.56 Å². The van der Waals surface area contributed by atoms with E-state index in [-0.39, 0.29) is 29.7 Å². The molecule has 1 heterocycles. The molecule has 306 valence electrons. The summed E-state index contributed by atoms with van der Waals surface area (Å²) in [6.07, 6.45) is -10.2. The Morgan fingerprint density at radius 2 is 1.60 bits per heavy atom. The minimum Gasteiger partial charge on any atom is -0.509 e. The van der Waals surface area contributed by atoms with Gasteiger partial charge in [-0.2, -0.15) is 0 Å². The number of alkyl carbamates (subject to hydrolysis) is 1. The topological polar surface area (TPSA) is 224 Å². The van der Waals surface area contributed by atoms with Gasteiger partial charge < -0.3 is 49.4 Å². The third-order valence-corrected chi connectivity index (χ3v) is 11.5. The van der Waals surface area contributed by atoms with Gasteiger partial charge >= 0.3 is 24.0 Å². The Morgan fingerprint density at radius 1 is 0.982 bits per heavy atom. The van der Waals surface area contributed by atoms with Crippen molar-refractivity contribution in [1.82, 2.24) is 5.32 Å². The molecule has 1 saturated heterocycles. The summed E-state index contributed by atoms with van der Waals surface area (Å²) < 4.78 is 29.2. The highest BCUT2D eigenvalue weighted by Gasteiger charge is 2.72. The number of carbonyl (C=O) groups excluding carboxylic acids is 5. The fourth-order valence-electron chi connectivity index (χ4n) is 8.74. The van der Waals surface area contributed by atoms with Gasteiger partial charge in [0, 0.05) is 30.8 Å². The number of amides is 1. The number of Topliss-reactive ketones (excluding diaryl/α,β-unsaturated/α-hetero) is 1. The predicted molar refractivity (Wildman–Crippen MR) is 199 cm³/mol. The van der Waals surface area contributed by atoms with Crippen molar-refractivity contribution in [2.75, 3.05) is 6.61 Å². The second-order valence-corrected chi connectivity index (χ2v) is 16.6. The number of nitrogens with one attached hydrogen (secondary N) is 1. The lowest BCUT2D eigenvalue weighted by atomic mass is 9.51. The number of benzene rings is 2. The molecule has 0 aromatic heterocycles. The van der Waals surface area contributed by atoms with Gasteiger partial charge in [-0.3, -0.25) is 9.59 Å². The molecule has 0 radical (unpaired) electrons. The zero-order valence-electron chi connectivity index (χ0n) is 32.8. The number of ketones is 1. The van der Waals surface area contributed by atoms with Crippen LogP contribution in [0.1, 0.15) is 83.3 Å². The number of fused-ring (bicyclic) bond motifs is 5. The van der Waals surface area contributed by atoms with Crippen LogP contribution in [0.4, 0.5) is 4.79 Å². The number of carbonyl (C=O) groups is 5. The summed E-state index contributed by atoms with van der Waals surface area (Å²) in [5.41, 5.74) is -6.54. The Balaban J connectivity index is 1.48. The van der Waals surface area contributed by atoms with E-state index < -0.39 is 112 Å². The summed E-state index contributed by atoms with van der Waals surface area (Å²) in [6.45, 7) is 10.3. The smallest absolute Gasteiger partial charge is 0.408 e. The van der Waals surface area contributed by atoms with Crippen LogP contribution >= 0.6 is 0 Å². The number of aliphatic hydroxyl groups is 4. The molecule has 57 heavy (non-hydrogen) atoms. The van der Waals surface area contributed by atoms with Crippen molar-refractivity contribution in [3.63, 3.8) is 0 Å². The maximum Gasteiger partial charge on any atom is 0.408 e. The lowest BCUT2D eigenvalue weighted by Gasteiger charge is -2.62. The van der Waals surface area contributed by atoms with Crippen LogP contribution in [0.2, 0.25) is 0 Å². The van der Waals surface area contributed by atoms with E-state index in [2.05, 4.69) is 5.32 Å². The molecular formula is C42H49NO14. The second kappa shape index (κ2) is 15.0. The summed E-state index contributed by atoms with van der Waals surface area (Å²) in [5.74, 6) is -6.08. The summed E-state index contributed by atoms with van der Waals surface area (Å²) in [4.78, 5) is 67.6. The maximum absolute atomic E-state index is 14.0. The molecule has 4 aliphatic rings. The standard InChI is InChI=1S/C42H49NO14/c1-21-26(54-37(50)34(48)31(23-14-10-8-11-15-23)43-38(51)57-39(3,4)5)19-42(52)35(55-36(49)24-16-12-9-13-17-24)30-28(32(46)33(47)29(21)40(42,6)7)25(45)18-27-41(30,20-53-27)56-22(2)44/h8-17,26-27,30-31,33-35,46-48,52H,18-20H2,1-7H3,(H,43,51)/t26-,27?,30?,31?,33+,34+,35-,41-,42+/m0/s1. The van der Waals surface area contributed by atoms with E-state index in [1.165, 1.54) is 32.9 Å². The molecule has 5 N–H and O–H groups in total. The Hall–Kier alpha value is -5.09. The van der Waals surface area contributed by atoms with E-state index in [1.807, 2.05) is 0 Å². The third-order valence-electron chi connectivity index (χ3n) is 11.5. The van der Waals surface area contributed by atoms with Crippen LogP contribution in [-0.4, -0.2) is 104 Å². The molecule has 1 saturated carbocycles. The molecule has 15 heteroatoms. The average molecular weight is 792 g/mol. The summed E-state index contributed by atoms with van der Waals surface area (Å²) in [5, 5.41) is 51.3. The highest BCUT2D eigenvalue weighted by atomic mass is 16.6. The Labute approximate surface area is 329 Å². The van der Waals surface area contributed by atoms with Crippen molar-refractivity contribution in [2.45, 2.75) is 115 Å². The molecule has 9 atom stereocenters. The van der Waals surface area contributed by atoms with Gasteiger partial charge in [0.25, 0.3) is 0 Å². The molecule has 15 nitrogen and oxygen atoms in total. The van der Waals surface area contributed by atoms with Crippen molar-refractivity contribution >= 4 is 29.8 Å². The van der Waals surface area contributed by atoms with Crippen LogP contribution in [0.5, 0.6) is 0 Å². The number of ether oxygens (including phenoxy) is 5. The molecule has 2 bridgehead atoms. The average Bonchev–Trinajstić information content (AvgIpc) is 3.13. The fourth-order valence-corrected chi connectivity index (χ4v) is 8.74. The number of hydrogen-bond acceptors (Lipinski definition) is 14. The van der Waals surface area contributed by atoms with Crippen LogP contribution in [-0.2, 0) is 38.1 Å². The molecule has 1 amide bonds. The zero-order chi connectivity index (χ0) is 41.8. The third kappa shape index (κ3) is 7.33. The Morgan fingerprint density at radius 3 is 2.16 bits per heavy atom. The van der Waals surface area contributed by atoms with Crippen LogP contribution in [0.25, 0.3) is 0 Å². The molecule has 3 aliphatic carbocycles.